The van der Waals surface area contributed by atoms with Gasteiger partial charge in [-0.05, 0) is 49.7 Å². The minimum Gasteiger partial charge on any atom is -0.314 e. The lowest BCUT2D eigenvalue weighted by molar-refractivity contribution is 0.268. The summed E-state index contributed by atoms with van der Waals surface area (Å²) >= 11 is 9.83. The van der Waals surface area contributed by atoms with E-state index in [-0.39, 0.29) is 0 Å². The van der Waals surface area contributed by atoms with Gasteiger partial charge in [0, 0.05) is 28.1 Å². The smallest absolute Gasteiger partial charge is 0.0410 e. The van der Waals surface area contributed by atoms with Crippen LogP contribution in [0.25, 0.3) is 0 Å². The fourth-order valence-corrected chi connectivity index (χ4v) is 3.52. The third-order valence-electron chi connectivity index (χ3n) is 3.84. The Balaban J connectivity index is 2.21. The molecule has 0 amide bonds. The summed E-state index contributed by atoms with van der Waals surface area (Å²) in [6.07, 6.45) is 1.24. The van der Waals surface area contributed by atoms with Crippen molar-refractivity contribution in [1.29, 1.82) is 0 Å². The molecule has 2 unspecified atom stereocenters. The Morgan fingerprint density at radius 1 is 1.47 bits per heavy atom. The van der Waals surface area contributed by atoms with Gasteiger partial charge in [-0.15, -0.1) is 0 Å². The third-order valence-corrected chi connectivity index (χ3v) is 4.80. The molecule has 0 spiro atoms. The Bertz CT molecular complexity index is 436. The van der Waals surface area contributed by atoms with E-state index in [0.29, 0.717) is 18.0 Å². The molecule has 2 nitrogen and oxygen atoms in total. The Morgan fingerprint density at radius 2 is 2.21 bits per heavy atom. The van der Waals surface area contributed by atoms with Crippen molar-refractivity contribution in [3.63, 3.8) is 0 Å². The molecule has 0 aliphatic carbocycles. The van der Waals surface area contributed by atoms with Gasteiger partial charge >= 0.3 is 0 Å². The molecule has 1 aromatic rings. The van der Waals surface area contributed by atoms with Crippen LogP contribution in [0.5, 0.6) is 0 Å². The Morgan fingerprint density at radius 3 is 2.89 bits per heavy atom. The van der Waals surface area contributed by atoms with Crippen LogP contribution in [0.2, 0.25) is 5.02 Å². The highest BCUT2D eigenvalue weighted by Gasteiger charge is 2.33. The molecule has 1 aliphatic rings. The van der Waals surface area contributed by atoms with Gasteiger partial charge < -0.3 is 5.32 Å². The molecule has 1 N–H and O–H groups in total. The summed E-state index contributed by atoms with van der Waals surface area (Å²) in [6.45, 7) is 6.60. The van der Waals surface area contributed by atoms with E-state index >= 15 is 0 Å². The van der Waals surface area contributed by atoms with Crippen molar-refractivity contribution in [2.75, 3.05) is 20.1 Å². The number of nitrogens with one attached hydrogen (secondary N) is 1. The molecule has 2 atom stereocenters. The zero-order valence-corrected chi connectivity index (χ0v) is 14.1. The number of nitrogens with zero attached hydrogens (tertiary/aromatic N) is 1. The van der Waals surface area contributed by atoms with Gasteiger partial charge in [0.2, 0.25) is 0 Å². The van der Waals surface area contributed by atoms with Gasteiger partial charge in [-0.2, -0.15) is 0 Å². The predicted molar refractivity (Wildman–Crippen MR) is 85.8 cm³/mol. The number of halogens is 2. The highest BCUT2D eigenvalue weighted by molar-refractivity contribution is 9.10. The average molecular weight is 346 g/mol. The fraction of sp³-hybridized carbons (Fsp3) is 0.600. The molecular formula is C15H22BrClN2. The fourth-order valence-electron chi connectivity index (χ4n) is 2.86. The van der Waals surface area contributed by atoms with E-state index in [1.54, 1.807) is 0 Å². The van der Waals surface area contributed by atoms with Gasteiger partial charge in [-0.3, -0.25) is 4.90 Å². The summed E-state index contributed by atoms with van der Waals surface area (Å²) in [4.78, 5) is 2.43. The normalized spacial score (nSPS) is 24.3. The summed E-state index contributed by atoms with van der Waals surface area (Å²) < 4.78 is 1.16. The molecule has 0 bridgehead atoms. The van der Waals surface area contributed by atoms with Crippen LogP contribution in [0.1, 0.15) is 31.9 Å². The summed E-state index contributed by atoms with van der Waals surface area (Å²) in [5.41, 5.74) is 1.31. The van der Waals surface area contributed by atoms with Gasteiger partial charge in [-0.25, -0.2) is 0 Å². The maximum atomic E-state index is 6.16. The van der Waals surface area contributed by atoms with Gasteiger partial charge in [0.1, 0.15) is 0 Å². The molecule has 1 heterocycles. The van der Waals surface area contributed by atoms with Gasteiger partial charge in [0.05, 0.1) is 0 Å². The summed E-state index contributed by atoms with van der Waals surface area (Å²) in [7, 11) is 2.20. The van der Waals surface area contributed by atoms with E-state index in [2.05, 4.69) is 59.2 Å². The number of benzene rings is 1. The second-order valence-electron chi connectivity index (χ2n) is 5.70. The molecule has 19 heavy (non-hydrogen) atoms. The van der Waals surface area contributed by atoms with E-state index < -0.39 is 0 Å². The lowest BCUT2D eigenvalue weighted by atomic mass is 9.93. The van der Waals surface area contributed by atoms with E-state index in [4.69, 9.17) is 11.6 Å². The highest BCUT2D eigenvalue weighted by atomic mass is 79.9. The number of hydrogen-bond donors (Lipinski definition) is 1. The van der Waals surface area contributed by atoms with Crippen LogP contribution in [-0.4, -0.2) is 31.1 Å². The maximum absolute atomic E-state index is 6.16. The van der Waals surface area contributed by atoms with E-state index in [9.17, 15) is 0 Å². The molecule has 0 saturated carbocycles. The predicted octanol–water partition coefficient (Wildman–Crippen LogP) is 4.09. The van der Waals surface area contributed by atoms with Gasteiger partial charge in [0.25, 0.3) is 0 Å². The van der Waals surface area contributed by atoms with Crippen molar-refractivity contribution in [3.8, 4) is 0 Å². The highest BCUT2D eigenvalue weighted by Crippen LogP contribution is 2.39. The summed E-state index contributed by atoms with van der Waals surface area (Å²) in [5, 5.41) is 4.38. The van der Waals surface area contributed by atoms with Crippen LogP contribution in [0, 0.1) is 5.92 Å². The van der Waals surface area contributed by atoms with Crippen molar-refractivity contribution in [2.45, 2.75) is 32.4 Å². The first-order valence-corrected chi connectivity index (χ1v) is 8.04. The second kappa shape index (κ2) is 6.57. The van der Waals surface area contributed by atoms with Crippen molar-refractivity contribution >= 4 is 27.5 Å². The zero-order chi connectivity index (χ0) is 14.0. The number of likely N-dealkylation sites (tertiary alicyclic amines) is 1. The molecule has 2 rings (SSSR count). The first kappa shape index (κ1) is 15.3. The van der Waals surface area contributed by atoms with Crippen LogP contribution >= 0.6 is 27.5 Å². The molecule has 0 radical (unpaired) electrons. The van der Waals surface area contributed by atoms with E-state index in [1.807, 2.05) is 6.07 Å². The first-order valence-electron chi connectivity index (χ1n) is 6.87. The monoisotopic (exact) mass is 344 g/mol. The molecule has 1 aromatic carbocycles. The van der Waals surface area contributed by atoms with Crippen LogP contribution in [0.15, 0.2) is 22.7 Å². The standard InChI is InChI=1S/C15H22BrClN2/c1-10(2)18-9-11-6-7-19(3)15(11)13-8-12(17)4-5-14(13)16/h4-5,8,10-11,15,18H,6-7,9H2,1-3H3. The second-order valence-corrected chi connectivity index (χ2v) is 6.99. The summed E-state index contributed by atoms with van der Waals surface area (Å²) in [5.74, 6) is 0.641. The van der Waals surface area contributed by atoms with E-state index in [0.717, 1.165) is 22.6 Å². The third kappa shape index (κ3) is 3.72. The van der Waals surface area contributed by atoms with Crippen molar-refractivity contribution < 1.29 is 0 Å². The maximum Gasteiger partial charge on any atom is 0.0410 e. The van der Waals surface area contributed by atoms with Crippen molar-refractivity contribution in [1.82, 2.24) is 10.2 Å². The van der Waals surface area contributed by atoms with E-state index in [1.165, 1.54) is 12.0 Å². The molecule has 106 valence electrons. The zero-order valence-electron chi connectivity index (χ0n) is 11.8. The van der Waals surface area contributed by atoms with Crippen LogP contribution < -0.4 is 5.32 Å². The van der Waals surface area contributed by atoms with Gasteiger partial charge in [-0.1, -0.05) is 41.4 Å². The molecule has 4 heteroatoms. The molecule has 1 aliphatic heterocycles. The quantitative estimate of drug-likeness (QED) is 0.884. The van der Waals surface area contributed by atoms with Crippen LogP contribution in [0.4, 0.5) is 0 Å². The lowest BCUT2D eigenvalue weighted by Crippen LogP contribution is -2.32. The SMILES string of the molecule is CC(C)NCC1CCN(C)C1c1cc(Cl)ccc1Br. The van der Waals surface area contributed by atoms with Crippen LogP contribution in [-0.2, 0) is 0 Å². The Kier molecular flexibility index (Phi) is 5.29. The number of hydrogen-bond acceptors (Lipinski definition) is 2. The van der Waals surface area contributed by atoms with Crippen molar-refractivity contribution in [2.24, 2.45) is 5.92 Å². The summed E-state index contributed by atoms with van der Waals surface area (Å²) in [6, 6.07) is 7.07. The minimum absolute atomic E-state index is 0.444. The molecular weight excluding hydrogens is 324 g/mol. The van der Waals surface area contributed by atoms with Crippen LogP contribution in [0.3, 0.4) is 0 Å². The molecule has 1 saturated heterocycles. The lowest BCUT2D eigenvalue weighted by Gasteiger charge is -2.27. The Labute approximate surface area is 129 Å². The Hall–Kier alpha value is -0.0900. The average Bonchev–Trinajstić information content (AvgIpc) is 2.71. The molecule has 0 aromatic heterocycles. The first-order chi connectivity index (χ1) is 8.99. The van der Waals surface area contributed by atoms with Gasteiger partial charge in [0.15, 0.2) is 0 Å². The number of rotatable bonds is 4. The van der Waals surface area contributed by atoms with Crippen molar-refractivity contribution in [3.05, 3.63) is 33.3 Å². The topological polar surface area (TPSA) is 15.3 Å². The molecule has 1 fully saturated rings. The largest absolute Gasteiger partial charge is 0.314 e. The minimum atomic E-state index is 0.444.